The van der Waals surface area contributed by atoms with Gasteiger partial charge in [-0.25, -0.2) is 4.98 Å². The van der Waals surface area contributed by atoms with Crippen molar-refractivity contribution in [1.29, 1.82) is 0 Å². The van der Waals surface area contributed by atoms with E-state index < -0.39 is 0 Å². The van der Waals surface area contributed by atoms with Crippen molar-refractivity contribution in [2.75, 3.05) is 18.8 Å². The minimum atomic E-state index is 0.224. The van der Waals surface area contributed by atoms with E-state index in [1.807, 2.05) is 4.90 Å². The first-order valence-electron chi connectivity index (χ1n) is 7.66. The molecule has 2 fully saturated rings. The van der Waals surface area contributed by atoms with E-state index in [1.54, 1.807) is 0 Å². The van der Waals surface area contributed by atoms with Crippen LogP contribution in [-0.4, -0.2) is 44.8 Å². The minimum Gasteiger partial charge on any atom is -0.342 e. The molecule has 1 aromatic rings. The number of thioether (sulfide) groups is 1. The van der Waals surface area contributed by atoms with Crippen LogP contribution < -0.4 is 0 Å². The largest absolute Gasteiger partial charge is 0.342 e. The van der Waals surface area contributed by atoms with E-state index in [2.05, 4.69) is 15.2 Å². The van der Waals surface area contributed by atoms with E-state index in [0.29, 0.717) is 11.7 Å². The molecule has 1 aromatic heterocycles. The fourth-order valence-corrected chi connectivity index (χ4v) is 3.77. The number of rotatable bonds is 4. The minimum absolute atomic E-state index is 0.224. The maximum absolute atomic E-state index is 12.1. The zero-order chi connectivity index (χ0) is 13.8. The summed E-state index contributed by atoms with van der Waals surface area (Å²) in [6, 6.07) is 0. The SMILES string of the molecule is O=C(CSc1n[nH]c(C2CCCC2)n1)N1CCCCC1. The molecule has 1 saturated heterocycles. The summed E-state index contributed by atoms with van der Waals surface area (Å²) in [7, 11) is 0. The van der Waals surface area contributed by atoms with Gasteiger partial charge in [-0.2, -0.15) is 0 Å². The summed E-state index contributed by atoms with van der Waals surface area (Å²) < 4.78 is 0. The van der Waals surface area contributed by atoms with E-state index >= 15 is 0 Å². The summed E-state index contributed by atoms with van der Waals surface area (Å²) in [5.74, 6) is 2.24. The lowest BCUT2D eigenvalue weighted by atomic mass is 10.1. The molecule has 0 aromatic carbocycles. The van der Waals surface area contributed by atoms with Gasteiger partial charge in [0.1, 0.15) is 5.82 Å². The molecule has 1 aliphatic heterocycles. The lowest BCUT2D eigenvalue weighted by Gasteiger charge is -2.26. The maximum atomic E-state index is 12.1. The van der Waals surface area contributed by atoms with Crippen molar-refractivity contribution < 1.29 is 4.79 Å². The van der Waals surface area contributed by atoms with Crippen LogP contribution in [0.1, 0.15) is 56.7 Å². The number of H-pyrrole nitrogens is 1. The van der Waals surface area contributed by atoms with Crippen molar-refractivity contribution >= 4 is 17.7 Å². The molecule has 1 aliphatic carbocycles. The summed E-state index contributed by atoms with van der Waals surface area (Å²) in [4.78, 5) is 18.6. The van der Waals surface area contributed by atoms with Gasteiger partial charge in [0.05, 0.1) is 5.75 Å². The Labute approximate surface area is 123 Å². The highest BCUT2D eigenvalue weighted by Gasteiger charge is 2.21. The van der Waals surface area contributed by atoms with Gasteiger partial charge in [0.2, 0.25) is 11.1 Å². The van der Waals surface area contributed by atoms with Crippen LogP contribution in [0.4, 0.5) is 0 Å². The highest BCUT2D eigenvalue weighted by molar-refractivity contribution is 7.99. The van der Waals surface area contributed by atoms with Gasteiger partial charge in [0, 0.05) is 19.0 Å². The molecule has 1 N–H and O–H groups in total. The average Bonchev–Trinajstić information content (AvgIpc) is 3.16. The van der Waals surface area contributed by atoms with Gasteiger partial charge < -0.3 is 4.90 Å². The number of piperidine rings is 1. The second-order valence-electron chi connectivity index (χ2n) is 5.71. The molecule has 2 heterocycles. The predicted molar refractivity (Wildman–Crippen MR) is 78.7 cm³/mol. The number of aromatic nitrogens is 3. The summed E-state index contributed by atoms with van der Waals surface area (Å²) in [5, 5.41) is 8.00. The van der Waals surface area contributed by atoms with Crippen LogP contribution in [0.5, 0.6) is 0 Å². The second kappa shape index (κ2) is 6.61. The van der Waals surface area contributed by atoms with Crippen molar-refractivity contribution in [2.45, 2.75) is 56.0 Å². The third-order valence-electron chi connectivity index (χ3n) is 4.26. The van der Waals surface area contributed by atoms with Crippen LogP contribution in [0.2, 0.25) is 0 Å². The Kier molecular flexibility index (Phi) is 4.60. The monoisotopic (exact) mass is 294 g/mol. The number of aromatic amines is 1. The van der Waals surface area contributed by atoms with Crippen LogP contribution in [0.15, 0.2) is 5.16 Å². The molecule has 110 valence electrons. The van der Waals surface area contributed by atoms with Crippen LogP contribution in [0, 0.1) is 0 Å². The van der Waals surface area contributed by atoms with Gasteiger partial charge in [-0.1, -0.05) is 24.6 Å². The molecular formula is C14H22N4OS. The van der Waals surface area contributed by atoms with Gasteiger partial charge in [0.15, 0.2) is 0 Å². The molecule has 20 heavy (non-hydrogen) atoms. The van der Waals surface area contributed by atoms with Gasteiger partial charge >= 0.3 is 0 Å². The molecule has 2 aliphatic rings. The van der Waals surface area contributed by atoms with Crippen molar-refractivity contribution in [3.63, 3.8) is 0 Å². The van der Waals surface area contributed by atoms with Crippen molar-refractivity contribution in [2.24, 2.45) is 0 Å². The number of hydrogen-bond acceptors (Lipinski definition) is 4. The fraction of sp³-hybridized carbons (Fsp3) is 0.786. The molecular weight excluding hydrogens is 272 g/mol. The zero-order valence-electron chi connectivity index (χ0n) is 11.8. The number of carbonyl (C=O) groups excluding carboxylic acids is 1. The Morgan fingerprint density at radius 3 is 2.70 bits per heavy atom. The average molecular weight is 294 g/mol. The Morgan fingerprint density at radius 1 is 1.20 bits per heavy atom. The van der Waals surface area contributed by atoms with Crippen LogP contribution in [0.3, 0.4) is 0 Å². The van der Waals surface area contributed by atoms with Crippen molar-refractivity contribution in [3.05, 3.63) is 5.82 Å². The molecule has 1 saturated carbocycles. The number of hydrogen-bond donors (Lipinski definition) is 1. The molecule has 0 unspecified atom stereocenters. The molecule has 0 radical (unpaired) electrons. The fourth-order valence-electron chi connectivity index (χ4n) is 3.07. The molecule has 0 spiro atoms. The molecule has 6 heteroatoms. The number of amides is 1. The molecule has 5 nitrogen and oxygen atoms in total. The lowest BCUT2D eigenvalue weighted by molar-refractivity contribution is -0.129. The highest BCUT2D eigenvalue weighted by atomic mass is 32.2. The van der Waals surface area contributed by atoms with E-state index in [1.165, 1.54) is 43.9 Å². The summed E-state index contributed by atoms with van der Waals surface area (Å²) >= 11 is 1.46. The first-order valence-corrected chi connectivity index (χ1v) is 8.64. The van der Waals surface area contributed by atoms with Crippen LogP contribution in [0.25, 0.3) is 0 Å². The van der Waals surface area contributed by atoms with Gasteiger partial charge in [-0.3, -0.25) is 9.89 Å². The number of carbonyl (C=O) groups is 1. The van der Waals surface area contributed by atoms with E-state index in [-0.39, 0.29) is 5.91 Å². The van der Waals surface area contributed by atoms with Crippen molar-refractivity contribution in [1.82, 2.24) is 20.1 Å². The Hall–Kier alpha value is -1.04. The lowest BCUT2D eigenvalue weighted by Crippen LogP contribution is -2.36. The van der Waals surface area contributed by atoms with E-state index in [9.17, 15) is 4.79 Å². The van der Waals surface area contributed by atoms with Crippen molar-refractivity contribution in [3.8, 4) is 0 Å². The number of nitrogens with zero attached hydrogens (tertiary/aromatic N) is 3. The van der Waals surface area contributed by atoms with Gasteiger partial charge in [-0.15, -0.1) is 5.10 Å². The predicted octanol–water partition coefficient (Wildman–Crippen LogP) is 2.57. The molecule has 0 bridgehead atoms. The number of likely N-dealkylation sites (tertiary alicyclic amines) is 1. The van der Waals surface area contributed by atoms with E-state index in [4.69, 9.17) is 0 Å². The van der Waals surface area contributed by atoms with Crippen LogP contribution >= 0.6 is 11.8 Å². The third kappa shape index (κ3) is 3.34. The topological polar surface area (TPSA) is 61.9 Å². The van der Waals surface area contributed by atoms with E-state index in [0.717, 1.165) is 36.9 Å². The maximum Gasteiger partial charge on any atom is 0.233 e. The Bertz CT molecular complexity index is 450. The first kappa shape index (κ1) is 13.9. The smallest absolute Gasteiger partial charge is 0.233 e. The third-order valence-corrected chi connectivity index (χ3v) is 5.09. The Balaban J connectivity index is 1.49. The standard InChI is InChI=1S/C14H22N4OS/c19-12(18-8-4-1-5-9-18)10-20-14-15-13(16-17-14)11-6-2-3-7-11/h11H,1-10H2,(H,15,16,17). The summed E-state index contributed by atoms with van der Waals surface area (Å²) in [6.45, 7) is 1.83. The highest BCUT2D eigenvalue weighted by Crippen LogP contribution is 2.32. The molecule has 3 rings (SSSR count). The number of nitrogens with one attached hydrogen (secondary N) is 1. The van der Waals surface area contributed by atoms with Gasteiger partial charge in [-0.05, 0) is 32.1 Å². The molecule has 1 amide bonds. The normalized spacial score (nSPS) is 20.5. The second-order valence-corrected chi connectivity index (χ2v) is 6.66. The molecule has 0 atom stereocenters. The van der Waals surface area contributed by atoms with Gasteiger partial charge in [0.25, 0.3) is 0 Å². The Morgan fingerprint density at radius 2 is 1.95 bits per heavy atom. The van der Waals surface area contributed by atoms with Crippen LogP contribution in [-0.2, 0) is 4.79 Å². The zero-order valence-corrected chi connectivity index (χ0v) is 12.6. The summed E-state index contributed by atoms with van der Waals surface area (Å²) in [5.41, 5.74) is 0. The summed E-state index contributed by atoms with van der Waals surface area (Å²) in [6.07, 6.45) is 8.55. The quantitative estimate of drug-likeness (QED) is 0.867. The first-order chi connectivity index (χ1) is 9.83.